The predicted molar refractivity (Wildman–Crippen MR) is 159 cm³/mol. The minimum Gasteiger partial charge on any atom is -0.494 e. The molecule has 4 rings (SSSR count). The highest BCUT2D eigenvalue weighted by molar-refractivity contribution is 8.13. The van der Waals surface area contributed by atoms with Gasteiger partial charge in [-0.1, -0.05) is 79.3 Å². The largest absolute Gasteiger partial charge is 0.494 e. The number of para-hydroxylation sites is 2. The molecule has 0 bridgehead atoms. The fourth-order valence-corrected chi connectivity index (χ4v) is 4.61. The van der Waals surface area contributed by atoms with E-state index in [0.29, 0.717) is 34.3 Å². The number of nitrogen functional groups attached to an aromatic ring is 1. The average molecular weight is 542 g/mol. The maximum absolute atomic E-state index is 12.5. The van der Waals surface area contributed by atoms with Gasteiger partial charge in [0.1, 0.15) is 16.5 Å². The van der Waals surface area contributed by atoms with Crippen LogP contribution in [0.1, 0.15) is 34.8 Å². The number of anilines is 2. The topological polar surface area (TPSA) is 129 Å². The number of benzene rings is 4. The van der Waals surface area contributed by atoms with Gasteiger partial charge in [0.2, 0.25) is 0 Å². The molecular weight excluding hydrogens is 510 g/mol. The standard InChI is InChI=1S/C30H31N5O3S/c1-2-19-37-26-17-15-23(16-18-26)22-11-13-24(14-12-22)29(34-32)39-20-21-7-9-25(10-8-21)30(36)38-35(33)28-6-4-3-5-27(28)31/h3-18H,2,19-20,31-33H2,1H3/b34-29-. The van der Waals surface area contributed by atoms with E-state index in [2.05, 4.69) is 12.0 Å². The lowest BCUT2D eigenvalue weighted by Gasteiger charge is -2.18. The molecule has 0 aromatic heterocycles. The zero-order valence-corrected chi connectivity index (χ0v) is 22.4. The molecule has 0 heterocycles. The Kier molecular flexibility index (Phi) is 9.44. The minimum atomic E-state index is -0.590. The summed E-state index contributed by atoms with van der Waals surface area (Å²) in [5, 5.41) is 5.57. The zero-order valence-electron chi connectivity index (χ0n) is 21.6. The van der Waals surface area contributed by atoms with Gasteiger partial charge < -0.3 is 21.2 Å². The summed E-state index contributed by atoms with van der Waals surface area (Å²) in [5.41, 5.74) is 11.2. The van der Waals surface area contributed by atoms with Gasteiger partial charge in [0.05, 0.1) is 17.9 Å². The first-order valence-electron chi connectivity index (χ1n) is 12.4. The van der Waals surface area contributed by atoms with Gasteiger partial charge in [-0.05, 0) is 59.5 Å². The number of carbonyl (C=O) groups is 1. The lowest BCUT2D eigenvalue weighted by Crippen LogP contribution is -2.34. The van der Waals surface area contributed by atoms with E-state index in [-0.39, 0.29) is 0 Å². The van der Waals surface area contributed by atoms with Gasteiger partial charge >= 0.3 is 5.97 Å². The second-order valence-corrected chi connectivity index (χ2v) is 9.60. The van der Waals surface area contributed by atoms with E-state index in [9.17, 15) is 4.79 Å². The molecule has 200 valence electrons. The molecule has 4 aromatic carbocycles. The number of hydrazone groups is 1. The number of nitrogens with zero attached hydrogens (tertiary/aromatic N) is 2. The van der Waals surface area contributed by atoms with Crippen LogP contribution in [0.3, 0.4) is 0 Å². The molecule has 0 spiro atoms. The molecule has 0 saturated carbocycles. The summed E-state index contributed by atoms with van der Waals surface area (Å²) in [6, 6.07) is 30.1. The molecule has 0 aliphatic heterocycles. The van der Waals surface area contributed by atoms with Crippen molar-refractivity contribution in [3.8, 4) is 16.9 Å². The quantitative estimate of drug-likeness (QED) is 0.0763. The molecule has 0 unspecified atom stereocenters. The van der Waals surface area contributed by atoms with Crippen molar-refractivity contribution in [3.05, 3.63) is 114 Å². The maximum Gasteiger partial charge on any atom is 0.365 e. The van der Waals surface area contributed by atoms with Crippen LogP contribution in [0.15, 0.2) is 102 Å². The molecule has 0 atom stereocenters. The van der Waals surface area contributed by atoms with Crippen LogP contribution in [0.5, 0.6) is 5.75 Å². The molecule has 4 aromatic rings. The molecule has 0 fully saturated rings. The summed E-state index contributed by atoms with van der Waals surface area (Å²) in [5.74, 6) is 12.5. The number of ether oxygens (including phenoxy) is 1. The van der Waals surface area contributed by atoms with Crippen LogP contribution in [0.25, 0.3) is 11.1 Å². The van der Waals surface area contributed by atoms with Gasteiger partial charge in [-0.25, -0.2) is 10.6 Å². The van der Waals surface area contributed by atoms with Gasteiger partial charge in [-0.15, -0.1) is 5.17 Å². The first-order valence-corrected chi connectivity index (χ1v) is 13.4. The van der Waals surface area contributed by atoms with Crippen LogP contribution in [-0.4, -0.2) is 17.6 Å². The molecule has 6 N–H and O–H groups in total. The molecule has 39 heavy (non-hydrogen) atoms. The SMILES string of the molecule is CCCOc1ccc(-c2ccc(/C(=N/N)SCc3ccc(C(=O)ON(N)c4ccccc4N)cc3)cc2)cc1. The smallest absolute Gasteiger partial charge is 0.365 e. The van der Waals surface area contributed by atoms with Crippen molar-refractivity contribution in [2.45, 2.75) is 19.1 Å². The highest BCUT2D eigenvalue weighted by atomic mass is 32.2. The maximum atomic E-state index is 12.5. The Morgan fingerprint density at radius 2 is 1.49 bits per heavy atom. The summed E-state index contributed by atoms with van der Waals surface area (Å²) in [7, 11) is 0. The number of hydrogen-bond acceptors (Lipinski definition) is 9. The number of hydrogen-bond donors (Lipinski definition) is 3. The molecule has 0 radical (unpaired) electrons. The predicted octanol–water partition coefficient (Wildman–Crippen LogP) is 5.73. The highest BCUT2D eigenvalue weighted by Gasteiger charge is 2.14. The van der Waals surface area contributed by atoms with Crippen molar-refractivity contribution in [2.75, 3.05) is 17.5 Å². The van der Waals surface area contributed by atoms with Crippen molar-refractivity contribution in [3.63, 3.8) is 0 Å². The van der Waals surface area contributed by atoms with Crippen molar-refractivity contribution in [1.82, 2.24) is 0 Å². The lowest BCUT2D eigenvalue weighted by atomic mass is 10.0. The Morgan fingerprint density at radius 1 is 0.872 bits per heavy atom. The Balaban J connectivity index is 1.33. The number of rotatable bonds is 10. The van der Waals surface area contributed by atoms with Gasteiger partial charge in [0.25, 0.3) is 0 Å². The fraction of sp³-hybridized carbons (Fsp3) is 0.133. The fourth-order valence-electron chi connectivity index (χ4n) is 3.73. The van der Waals surface area contributed by atoms with Crippen LogP contribution < -0.4 is 27.3 Å². The summed E-state index contributed by atoms with van der Waals surface area (Å²) in [6.07, 6.45) is 0.977. The second-order valence-electron chi connectivity index (χ2n) is 8.63. The molecule has 0 aliphatic carbocycles. The Bertz CT molecular complexity index is 1410. The number of hydrazine groups is 1. The monoisotopic (exact) mass is 541 g/mol. The van der Waals surface area contributed by atoms with Gasteiger partial charge in [-0.3, -0.25) is 0 Å². The first-order chi connectivity index (χ1) is 19.0. The van der Waals surface area contributed by atoms with Crippen LogP contribution >= 0.6 is 11.8 Å². The van der Waals surface area contributed by atoms with Gasteiger partial charge in [0.15, 0.2) is 0 Å². The summed E-state index contributed by atoms with van der Waals surface area (Å²) < 4.78 is 5.66. The van der Waals surface area contributed by atoms with Crippen molar-refractivity contribution in [2.24, 2.45) is 16.8 Å². The van der Waals surface area contributed by atoms with Crippen LogP contribution in [0.2, 0.25) is 0 Å². The van der Waals surface area contributed by atoms with Gasteiger partial charge in [0, 0.05) is 11.3 Å². The molecule has 0 amide bonds. The average Bonchev–Trinajstić information content (AvgIpc) is 2.97. The number of carbonyl (C=O) groups excluding carboxylic acids is 1. The third kappa shape index (κ3) is 7.31. The summed E-state index contributed by atoms with van der Waals surface area (Å²) >= 11 is 1.51. The van der Waals surface area contributed by atoms with Crippen molar-refractivity contribution >= 4 is 34.1 Å². The lowest BCUT2D eigenvalue weighted by molar-refractivity contribution is 0.0451. The van der Waals surface area contributed by atoms with Crippen LogP contribution in [0, 0.1) is 0 Å². The van der Waals surface area contributed by atoms with Crippen molar-refractivity contribution < 1.29 is 14.4 Å². The summed E-state index contributed by atoms with van der Waals surface area (Å²) in [6.45, 7) is 2.80. The van der Waals surface area contributed by atoms with E-state index in [1.54, 1.807) is 36.4 Å². The zero-order chi connectivity index (χ0) is 27.6. The van der Waals surface area contributed by atoms with E-state index < -0.39 is 5.97 Å². The minimum absolute atomic E-state index is 0.363. The summed E-state index contributed by atoms with van der Waals surface area (Å²) in [4.78, 5) is 17.7. The van der Waals surface area contributed by atoms with Crippen LogP contribution in [0.4, 0.5) is 11.4 Å². The molecule has 8 nitrogen and oxygen atoms in total. The van der Waals surface area contributed by atoms with E-state index in [1.165, 1.54) is 11.8 Å². The Morgan fingerprint density at radius 3 is 2.10 bits per heavy atom. The van der Waals surface area contributed by atoms with E-state index >= 15 is 0 Å². The number of thioether (sulfide) groups is 1. The first kappa shape index (κ1) is 27.6. The van der Waals surface area contributed by atoms with Crippen molar-refractivity contribution in [1.29, 1.82) is 0 Å². The third-order valence-electron chi connectivity index (χ3n) is 5.83. The molecule has 0 saturated heterocycles. The second kappa shape index (κ2) is 13.4. The third-order valence-corrected chi connectivity index (χ3v) is 6.92. The Hall–Kier alpha value is -4.47. The van der Waals surface area contributed by atoms with Crippen LogP contribution in [-0.2, 0) is 10.6 Å². The molecule has 9 heteroatoms. The number of nitrogens with two attached hydrogens (primary N) is 3. The van der Waals surface area contributed by atoms with E-state index in [0.717, 1.165) is 39.6 Å². The Labute approximate surface area is 232 Å². The van der Waals surface area contributed by atoms with E-state index in [4.69, 9.17) is 27.0 Å². The van der Waals surface area contributed by atoms with Gasteiger partial charge in [-0.2, -0.15) is 5.10 Å². The molecule has 0 aliphatic rings. The van der Waals surface area contributed by atoms with E-state index in [1.807, 2.05) is 60.7 Å². The normalized spacial score (nSPS) is 11.2. The highest BCUT2D eigenvalue weighted by Crippen LogP contribution is 2.26. The molecular formula is C30H31N5O3S.